The Labute approximate surface area is 181 Å². The molecule has 0 radical (unpaired) electrons. The van der Waals surface area contributed by atoms with Crippen molar-refractivity contribution in [3.8, 4) is 11.3 Å². The summed E-state index contributed by atoms with van der Waals surface area (Å²) in [7, 11) is -3.11. The zero-order valence-electron chi connectivity index (χ0n) is 14.2. The maximum atomic E-state index is 12.8. The first-order valence-corrected chi connectivity index (χ1v) is 12.1. The zero-order valence-corrected chi connectivity index (χ0v) is 18.2. The van der Waals surface area contributed by atoms with Crippen molar-refractivity contribution in [1.29, 1.82) is 0 Å². The van der Waals surface area contributed by atoms with Crippen molar-refractivity contribution in [2.24, 2.45) is 0 Å². The van der Waals surface area contributed by atoms with Crippen molar-refractivity contribution in [2.45, 2.75) is 12.5 Å². The predicted molar refractivity (Wildman–Crippen MR) is 116 cm³/mol. The molecule has 3 heterocycles. The highest BCUT2D eigenvalue weighted by molar-refractivity contribution is 8.26. The van der Waals surface area contributed by atoms with Crippen LogP contribution in [0.2, 0.25) is 10.0 Å². The number of halogens is 2. The van der Waals surface area contributed by atoms with Gasteiger partial charge in [0.1, 0.15) is 15.8 Å². The van der Waals surface area contributed by atoms with Gasteiger partial charge in [-0.15, -0.1) is 0 Å². The largest absolute Gasteiger partial charge is 0.457 e. The number of nitrogens with zero attached hydrogens (tertiary/aromatic N) is 1. The molecule has 1 amide bonds. The molecular formula is C18H13Cl2NO4S3. The third-order valence-electron chi connectivity index (χ3n) is 4.50. The van der Waals surface area contributed by atoms with E-state index in [0.29, 0.717) is 37.2 Å². The smallest absolute Gasteiger partial charge is 0.266 e. The van der Waals surface area contributed by atoms with Gasteiger partial charge in [0.05, 0.1) is 32.5 Å². The Bertz CT molecular complexity index is 1120. The molecule has 2 aliphatic heterocycles. The lowest BCUT2D eigenvalue weighted by Gasteiger charge is -2.20. The van der Waals surface area contributed by atoms with Gasteiger partial charge in [-0.3, -0.25) is 9.69 Å². The summed E-state index contributed by atoms with van der Waals surface area (Å²) in [6.07, 6.45) is 2.02. The lowest BCUT2D eigenvalue weighted by molar-refractivity contribution is -0.123. The summed E-state index contributed by atoms with van der Waals surface area (Å²) in [5.74, 6) is 0.820. The van der Waals surface area contributed by atoms with Gasteiger partial charge in [0, 0.05) is 11.6 Å². The predicted octanol–water partition coefficient (Wildman–Crippen LogP) is 4.64. The SMILES string of the molecule is O=C1/C(=C/c2ccc(-c3ccc(Cl)c(Cl)c3)o2)SC(=S)N1[C@@H]1CCS(=O)(=O)C1. The lowest BCUT2D eigenvalue weighted by Crippen LogP contribution is -2.39. The van der Waals surface area contributed by atoms with Crippen LogP contribution in [0.25, 0.3) is 17.4 Å². The zero-order chi connectivity index (χ0) is 20.1. The maximum absolute atomic E-state index is 12.8. The summed E-state index contributed by atoms with van der Waals surface area (Å²) in [6, 6.07) is 8.29. The highest BCUT2D eigenvalue weighted by atomic mass is 35.5. The Morgan fingerprint density at radius 2 is 2.00 bits per heavy atom. The van der Waals surface area contributed by atoms with E-state index in [1.807, 2.05) is 0 Å². The Hall–Kier alpha value is -1.32. The van der Waals surface area contributed by atoms with Crippen LogP contribution in [0.15, 0.2) is 39.7 Å². The minimum Gasteiger partial charge on any atom is -0.457 e. The Morgan fingerprint density at radius 1 is 1.21 bits per heavy atom. The Balaban J connectivity index is 1.57. The van der Waals surface area contributed by atoms with Gasteiger partial charge < -0.3 is 4.42 Å². The van der Waals surface area contributed by atoms with Crippen LogP contribution in [0.3, 0.4) is 0 Å². The Morgan fingerprint density at radius 3 is 2.68 bits per heavy atom. The number of hydrogen-bond donors (Lipinski definition) is 0. The van der Waals surface area contributed by atoms with E-state index >= 15 is 0 Å². The first-order chi connectivity index (χ1) is 13.2. The van der Waals surface area contributed by atoms with Crippen LogP contribution in [0.1, 0.15) is 12.2 Å². The van der Waals surface area contributed by atoms with E-state index in [1.54, 1.807) is 36.4 Å². The van der Waals surface area contributed by atoms with Crippen molar-refractivity contribution in [3.63, 3.8) is 0 Å². The van der Waals surface area contributed by atoms with Crippen molar-refractivity contribution < 1.29 is 17.6 Å². The van der Waals surface area contributed by atoms with E-state index in [9.17, 15) is 13.2 Å². The third-order valence-corrected chi connectivity index (χ3v) is 8.32. The summed E-state index contributed by atoms with van der Waals surface area (Å²) in [4.78, 5) is 14.6. The van der Waals surface area contributed by atoms with Crippen molar-refractivity contribution >= 4 is 73.3 Å². The number of carbonyl (C=O) groups is 1. The second-order valence-corrected chi connectivity index (χ2v) is 11.2. The number of thioether (sulfide) groups is 1. The van der Waals surface area contributed by atoms with Gasteiger partial charge in [-0.2, -0.15) is 0 Å². The summed E-state index contributed by atoms with van der Waals surface area (Å²) >= 11 is 18.4. The van der Waals surface area contributed by atoms with Crippen LogP contribution in [0, 0.1) is 0 Å². The standard InChI is InChI=1S/C18H13Cl2NO4S3/c19-13-3-1-10(7-14(13)20)15-4-2-12(25-15)8-16-17(22)21(18(26)27-16)11-5-6-28(23,24)9-11/h1-4,7-8,11H,5-6,9H2/b16-8-/t11-/m1/s1. The number of carbonyl (C=O) groups excluding carboxylic acids is 1. The van der Waals surface area contributed by atoms with Crippen molar-refractivity contribution in [3.05, 3.63) is 51.0 Å². The molecule has 0 aliphatic carbocycles. The molecule has 10 heteroatoms. The van der Waals surface area contributed by atoms with E-state index in [1.165, 1.54) is 4.90 Å². The molecule has 146 valence electrons. The normalized spacial score (nSPS) is 23.1. The molecule has 2 saturated heterocycles. The number of sulfone groups is 1. The molecule has 28 heavy (non-hydrogen) atoms. The van der Waals surface area contributed by atoms with Crippen LogP contribution in [-0.2, 0) is 14.6 Å². The number of amides is 1. The summed E-state index contributed by atoms with van der Waals surface area (Å²) < 4.78 is 29.6. The molecule has 0 unspecified atom stereocenters. The topological polar surface area (TPSA) is 67.6 Å². The quantitative estimate of drug-likeness (QED) is 0.477. The molecule has 2 fully saturated rings. The van der Waals surface area contributed by atoms with E-state index < -0.39 is 15.9 Å². The molecule has 4 rings (SSSR count). The minimum absolute atomic E-state index is 0.0467. The average Bonchev–Trinajstić information content (AvgIpc) is 3.29. The second kappa shape index (κ2) is 7.50. The van der Waals surface area contributed by atoms with Crippen molar-refractivity contribution in [1.82, 2.24) is 4.90 Å². The molecule has 0 saturated carbocycles. The average molecular weight is 474 g/mol. The summed E-state index contributed by atoms with van der Waals surface area (Å²) in [5.41, 5.74) is 0.762. The van der Waals surface area contributed by atoms with Crippen LogP contribution in [0.4, 0.5) is 0 Å². The van der Waals surface area contributed by atoms with E-state index in [0.717, 1.165) is 17.3 Å². The number of rotatable bonds is 3. The summed E-state index contributed by atoms with van der Waals surface area (Å²) in [6.45, 7) is 0. The van der Waals surface area contributed by atoms with Crippen LogP contribution in [-0.4, -0.2) is 41.1 Å². The molecule has 5 nitrogen and oxygen atoms in total. The molecule has 1 aromatic heterocycles. The molecular weight excluding hydrogens is 461 g/mol. The van der Waals surface area contributed by atoms with Gasteiger partial charge in [0.25, 0.3) is 5.91 Å². The van der Waals surface area contributed by atoms with Crippen LogP contribution < -0.4 is 0 Å². The Kier molecular flexibility index (Phi) is 5.35. The number of furan rings is 1. The van der Waals surface area contributed by atoms with Gasteiger partial charge in [0.15, 0.2) is 9.84 Å². The summed E-state index contributed by atoms with van der Waals surface area (Å²) in [5, 5.41) is 0.874. The van der Waals surface area contributed by atoms with E-state index in [-0.39, 0.29) is 17.4 Å². The number of hydrogen-bond acceptors (Lipinski definition) is 6. The van der Waals surface area contributed by atoms with Gasteiger partial charge in [-0.25, -0.2) is 8.42 Å². The molecule has 0 spiro atoms. The monoisotopic (exact) mass is 473 g/mol. The molecule has 0 N–H and O–H groups in total. The highest BCUT2D eigenvalue weighted by Crippen LogP contribution is 2.37. The molecule has 0 bridgehead atoms. The lowest BCUT2D eigenvalue weighted by atomic mass is 10.2. The van der Waals surface area contributed by atoms with E-state index in [4.69, 9.17) is 39.8 Å². The second-order valence-electron chi connectivity index (χ2n) is 6.44. The number of thiocarbonyl (C=S) groups is 1. The van der Waals surface area contributed by atoms with Gasteiger partial charge in [-0.1, -0.05) is 47.2 Å². The van der Waals surface area contributed by atoms with Gasteiger partial charge in [0.2, 0.25) is 0 Å². The van der Waals surface area contributed by atoms with Crippen LogP contribution >= 0.6 is 47.2 Å². The first kappa shape index (κ1) is 20.0. The first-order valence-electron chi connectivity index (χ1n) is 8.26. The number of benzene rings is 1. The molecule has 2 aromatic rings. The fourth-order valence-corrected chi connectivity index (χ4v) is 6.52. The molecule has 1 atom stereocenters. The molecule has 2 aliphatic rings. The van der Waals surface area contributed by atoms with E-state index in [2.05, 4.69) is 0 Å². The molecule has 1 aromatic carbocycles. The third kappa shape index (κ3) is 3.89. The fourth-order valence-electron chi connectivity index (χ4n) is 3.14. The fraction of sp³-hybridized carbons (Fsp3) is 0.222. The minimum atomic E-state index is -3.11. The highest BCUT2D eigenvalue weighted by Gasteiger charge is 2.42. The van der Waals surface area contributed by atoms with Crippen molar-refractivity contribution in [2.75, 3.05) is 11.5 Å². The maximum Gasteiger partial charge on any atom is 0.266 e. The van der Waals surface area contributed by atoms with Crippen LogP contribution in [0.5, 0.6) is 0 Å². The van der Waals surface area contributed by atoms with Gasteiger partial charge >= 0.3 is 0 Å². The van der Waals surface area contributed by atoms with Gasteiger partial charge in [-0.05, 0) is 36.8 Å².